The predicted molar refractivity (Wildman–Crippen MR) is 89.5 cm³/mol. The fraction of sp³-hybridized carbons (Fsp3) is 0.200. The summed E-state index contributed by atoms with van der Waals surface area (Å²) in [5.74, 6) is -1.31. The highest BCUT2D eigenvalue weighted by Crippen LogP contribution is 2.29. The van der Waals surface area contributed by atoms with Crippen LogP contribution in [0.15, 0.2) is 22.3 Å². The minimum Gasteiger partial charge on any atom is -0.462 e. The first kappa shape index (κ1) is 16.2. The number of hydrogen-bond acceptors (Lipinski definition) is 4. The maximum absolute atomic E-state index is 13.8. The van der Waals surface area contributed by atoms with Gasteiger partial charge in [0.25, 0.3) is 0 Å². The number of rotatable bonds is 3. The number of aromatic nitrogens is 1. The molecule has 0 N–H and O–H groups in total. The lowest BCUT2D eigenvalue weighted by molar-refractivity contribution is 0.0527. The molecule has 0 amide bonds. The van der Waals surface area contributed by atoms with Crippen LogP contribution in [0.4, 0.5) is 4.39 Å². The molecule has 0 saturated carbocycles. The zero-order valence-electron chi connectivity index (χ0n) is 11.9. The lowest BCUT2D eigenvalue weighted by Gasteiger charge is -2.10. The molecule has 0 atom stereocenters. The number of thiazole rings is 1. The number of nitrogens with zero attached hydrogens (tertiary/aromatic N) is 1. The highest BCUT2D eigenvalue weighted by atomic mass is 35.5. The monoisotopic (exact) mass is 373 g/mol. The Kier molecular flexibility index (Phi) is 4.31. The van der Waals surface area contributed by atoms with E-state index in [1.807, 2.05) is 0 Å². The second kappa shape index (κ2) is 6.11. The highest BCUT2D eigenvalue weighted by Gasteiger charge is 2.23. The molecule has 0 radical (unpaired) electrons. The Hall–Kier alpha value is -1.63. The molecule has 3 rings (SSSR count). The van der Waals surface area contributed by atoms with Gasteiger partial charge < -0.3 is 9.14 Å². The van der Waals surface area contributed by atoms with Crippen molar-refractivity contribution >= 4 is 56.2 Å². The summed E-state index contributed by atoms with van der Waals surface area (Å²) in [7, 11) is 0. The van der Waals surface area contributed by atoms with Crippen molar-refractivity contribution in [1.29, 1.82) is 0 Å². The van der Waals surface area contributed by atoms with Crippen molar-refractivity contribution < 1.29 is 13.9 Å². The Morgan fingerprint density at radius 1 is 1.43 bits per heavy atom. The minimum atomic E-state index is -0.741. The minimum absolute atomic E-state index is 0.0530. The van der Waals surface area contributed by atoms with Crippen LogP contribution in [0.25, 0.3) is 15.7 Å². The lowest BCUT2D eigenvalue weighted by atomic mass is 10.1. The third kappa shape index (κ3) is 2.51. The molecule has 0 spiro atoms. The van der Waals surface area contributed by atoms with E-state index in [1.54, 1.807) is 16.7 Å². The van der Waals surface area contributed by atoms with E-state index < -0.39 is 17.2 Å². The molecule has 8 heteroatoms. The quantitative estimate of drug-likeness (QED) is 0.509. The zero-order chi connectivity index (χ0) is 16.7. The smallest absolute Gasteiger partial charge is 0.345 e. The number of halogens is 3. The van der Waals surface area contributed by atoms with Gasteiger partial charge in [0, 0.05) is 11.1 Å². The Morgan fingerprint density at radius 2 is 2.17 bits per heavy atom. The number of carbonyl (C=O) groups excluding carboxylic acids is 1. The number of alkyl halides is 1. The molecule has 0 bridgehead atoms. The largest absolute Gasteiger partial charge is 0.462 e. The maximum Gasteiger partial charge on any atom is 0.345 e. The van der Waals surface area contributed by atoms with Gasteiger partial charge >= 0.3 is 5.97 Å². The van der Waals surface area contributed by atoms with Crippen LogP contribution in [-0.4, -0.2) is 17.0 Å². The van der Waals surface area contributed by atoms with E-state index in [1.165, 1.54) is 17.4 Å². The van der Waals surface area contributed by atoms with Crippen molar-refractivity contribution in [3.8, 4) is 0 Å². The van der Waals surface area contributed by atoms with Gasteiger partial charge in [0.15, 0.2) is 0 Å². The molecule has 23 heavy (non-hydrogen) atoms. The number of fused-ring (bicyclic) bond motifs is 3. The first-order chi connectivity index (χ1) is 11.0. The highest BCUT2D eigenvalue weighted by molar-refractivity contribution is 7.16. The molecule has 0 saturated heterocycles. The first-order valence-corrected chi connectivity index (χ1v) is 8.45. The van der Waals surface area contributed by atoms with Crippen LogP contribution in [0.3, 0.4) is 0 Å². The number of hydrogen-bond donors (Lipinski definition) is 0. The van der Waals surface area contributed by atoms with E-state index in [0.717, 1.165) is 6.07 Å². The second-order valence-corrected chi connectivity index (χ2v) is 6.24. The molecule has 2 heterocycles. The van der Waals surface area contributed by atoms with Gasteiger partial charge in [0.2, 0.25) is 5.43 Å². The molecule has 2 aromatic heterocycles. The average molecular weight is 374 g/mol. The molecule has 4 nitrogen and oxygen atoms in total. The van der Waals surface area contributed by atoms with E-state index in [4.69, 9.17) is 27.9 Å². The van der Waals surface area contributed by atoms with Crippen LogP contribution in [0, 0.1) is 5.82 Å². The van der Waals surface area contributed by atoms with Crippen LogP contribution in [0.2, 0.25) is 5.02 Å². The Balaban J connectivity index is 2.55. The molecule has 120 valence electrons. The van der Waals surface area contributed by atoms with Gasteiger partial charge in [-0.25, -0.2) is 9.18 Å². The van der Waals surface area contributed by atoms with Gasteiger partial charge in [0.05, 0.1) is 28.4 Å². The molecule has 1 aromatic carbocycles. The summed E-state index contributed by atoms with van der Waals surface area (Å²) in [6.45, 7) is 1.77. The van der Waals surface area contributed by atoms with E-state index in [2.05, 4.69) is 0 Å². The van der Waals surface area contributed by atoms with Crippen molar-refractivity contribution in [2.45, 2.75) is 12.8 Å². The van der Waals surface area contributed by atoms with E-state index >= 15 is 0 Å². The van der Waals surface area contributed by atoms with Gasteiger partial charge in [-0.15, -0.1) is 22.9 Å². The summed E-state index contributed by atoms with van der Waals surface area (Å²) in [6.07, 6.45) is 0. The fourth-order valence-electron chi connectivity index (χ4n) is 2.40. The summed E-state index contributed by atoms with van der Waals surface area (Å²) < 4.78 is 20.4. The van der Waals surface area contributed by atoms with Gasteiger partial charge in [0.1, 0.15) is 16.2 Å². The number of benzene rings is 1. The molecule has 0 aliphatic rings. The summed E-state index contributed by atoms with van der Waals surface area (Å²) in [5.41, 5.74) is 0.366. The summed E-state index contributed by atoms with van der Waals surface area (Å²) in [6, 6.07) is 2.39. The van der Waals surface area contributed by atoms with Crippen LogP contribution >= 0.6 is 34.5 Å². The van der Waals surface area contributed by atoms with Crippen LogP contribution in [0.5, 0.6) is 0 Å². The van der Waals surface area contributed by atoms with Gasteiger partial charge in [-0.05, 0) is 19.1 Å². The van der Waals surface area contributed by atoms with Crippen molar-refractivity contribution in [1.82, 2.24) is 4.40 Å². The third-order valence-corrected chi connectivity index (χ3v) is 4.94. The molecular weight excluding hydrogens is 364 g/mol. The topological polar surface area (TPSA) is 47.8 Å². The summed E-state index contributed by atoms with van der Waals surface area (Å²) >= 11 is 13.0. The van der Waals surface area contributed by atoms with Crippen molar-refractivity contribution in [2.24, 2.45) is 0 Å². The summed E-state index contributed by atoms with van der Waals surface area (Å²) in [5, 5.41) is 1.68. The Morgan fingerprint density at radius 3 is 2.83 bits per heavy atom. The standard InChI is InChI=1S/C15H10Cl2FNO3S/c1-2-22-15(21)12-13(20)8-3-10(18)9(17)4-11(8)19-7(5-16)6-23-14(12)19/h3-4,6H,2,5H2,1H3. The van der Waals surface area contributed by atoms with Crippen molar-refractivity contribution in [3.63, 3.8) is 0 Å². The van der Waals surface area contributed by atoms with Crippen molar-refractivity contribution in [3.05, 3.63) is 49.8 Å². The number of pyridine rings is 1. The van der Waals surface area contributed by atoms with Gasteiger partial charge in [-0.2, -0.15) is 0 Å². The molecule has 0 unspecified atom stereocenters. The van der Waals surface area contributed by atoms with Crippen LogP contribution in [0.1, 0.15) is 23.0 Å². The molecule has 3 aromatic rings. The van der Waals surface area contributed by atoms with Gasteiger partial charge in [-0.1, -0.05) is 11.6 Å². The van der Waals surface area contributed by atoms with E-state index in [9.17, 15) is 14.0 Å². The van der Waals surface area contributed by atoms with Crippen LogP contribution < -0.4 is 5.43 Å². The Labute approximate surface area is 144 Å². The normalized spacial score (nSPS) is 11.3. The Bertz CT molecular complexity index is 996. The van der Waals surface area contributed by atoms with Gasteiger partial charge in [-0.3, -0.25) is 4.79 Å². The average Bonchev–Trinajstić information content (AvgIpc) is 2.93. The van der Waals surface area contributed by atoms with Crippen LogP contribution in [-0.2, 0) is 10.6 Å². The molecule has 0 aliphatic carbocycles. The number of ether oxygens (including phenoxy) is 1. The third-order valence-electron chi connectivity index (χ3n) is 3.38. The predicted octanol–water partition coefficient (Wildman–Crippen LogP) is 4.22. The van der Waals surface area contributed by atoms with E-state index in [-0.39, 0.29) is 28.5 Å². The lowest BCUT2D eigenvalue weighted by Crippen LogP contribution is -2.20. The maximum atomic E-state index is 13.8. The zero-order valence-corrected chi connectivity index (χ0v) is 14.2. The SMILES string of the molecule is CCOC(=O)c1c(=O)c2cc(F)c(Cl)cc2n2c(CCl)csc12. The second-order valence-electron chi connectivity index (χ2n) is 4.71. The molecule has 0 fully saturated rings. The number of esters is 1. The van der Waals surface area contributed by atoms with Crippen molar-refractivity contribution in [2.75, 3.05) is 6.61 Å². The van der Waals surface area contributed by atoms with E-state index in [0.29, 0.717) is 16.0 Å². The molecular formula is C15H10Cl2FNO3S. The number of carbonyl (C=O) groups is 1. The summed E-state index contributed by atoms with van der Waals surface area (Å²) in [4.78, 5) is 25.3. The fourth-order valence-corrected chi connectivity index (χ4v) is 3.90. The molecule has 0 aliphatic heterocycles. The first-order valence-electron chi connectivity index (χ1n) is 6.66.